The fourth-order valence-corrected chi connectivity index (χ4v) is 2.13. The van der Waals surface area contributed by atoms with Gasteiger partial charge in [-0.25, -0.2) is 0 Å². The minimum Gasteiger partial charge on any atom is -0.508 e. The first-order valence-electron chi connectivity index (χ1n) is 5.93. The van der Waals surface area contributed by atoms with Crippen molar-refractivity contribution in [3.63, 3.8) is 0 Å². The Bertz CT molecular complexity index is 701. The molecule has 0 saturated heterocycles. The fourth-order valence-electron chi connectivity index (χ4n) is 2.13. The van der Waals surface area contributed by atoms with Gasteiger partial charge in [-0.05, 0) is 30.2 Å². The lowest BCUT2D eigenvalue weighted by molar-refractivity contribution is 0.475. The number of benzene rings is 2. The molecule has 0 radical (unpaired) electrons. The predicted octanol–water partition coefficient (Wildman–Crippen LogP) is 3.10. The molecule has 1 aromatic heterocycles. The number of phenolic OH excluding ortho intramolecular Hbond substituents is 1. The van der Waals surface area contributed by atoms with E-state index in [1.54, 1.807) is 12.1 Å². The van der Waals surface area contributed by atoms with Crippen LogP contribution in [-0.2, 0) is 6.54 Å². The highest BCUT2D eigenvalue weighted by atomic mass is 16.3. The molecule has 18 heavy (non-hydrogen) atoms. The highest BCUT2D eigenvalue weighted by Gasteiger charge is 2.05. The average molecular weight is 238 g/mol. The Morgan fingerprint density at radius 1 is 1.17 bits per heavy atom. The first kappa shape index (κ1) is 10.8. The van der Waals surface area contributed by atoms with Crippen LogP contribution in [0.4, 0.5) is 0 Å². The SMILES string of the molecule is Cc1ccccc1Cn1ncc2ccc(O)cc21. The van der Waals surface area contributed by atoms with Gasteiger partial charge >= 0.3 is 0 Å². The summed E-state index contributed by atoms with van der Waals surface area (Å²) in [4.78, 5) is 0. The van der Waals surface area contributed by atoms with E-state index >= 15 is 0 Å². The van der Waals surface area contributed by atoms with Crippen LogP contribution in [0.2, 0.25) is 0 Å². The maximum atomic E-state index is 9.55. The van der Waals surface area contributed by atoms with Crippen LogP contribution in [0.25, 0.3) is 10.9 Å². The first-order valence-corrected chi connectivity index (χ1v) is 5.93. The highest BCUT2D eigenvalue weighted by Crippen LogP contribution is 2.20. The molecule has 0 atom stereocenters. The van der Waals surface area contributed by atoms with Crippen LogP contribution in [0, 0.1) is 6.92 Å². The van der Waals surface area contributed by atoms with Crippen molar-refractivity contribution in [2.75, 3.05) is 0 Å². The minimum absolute atomic E-state index is 0.272. The molecule has 0 bridgehead atoms. The first-order chi connectivity index (χ1) is 8.74. The van der Waals surface area contributed by atoms with Gasteiger partial charge in [0.15, 0.2) is 0 Å². The third-order valence-corrected chi connectivity index (χ3v) is 3.21. The van der Waals surface area contributed by atoms with E-state index in [1.807, 2.05) is 29.1 Å². The van der Waals surface area contributed by atoms with E-state index in [4.69, 9.17) is 0 Å². The molecule has 90 valence electrons. The zero-order valence-electron chi connectivity index (χ0n) is 10.2. The van der Waals surface area contributed by atoms with Crippen LogP contribution in [0.15, 0.2) is 48.7 Å². The lowest BCUT2D eigenvalue weighted by Crippen LogP contribution is -2.02. The van der Waals surface area contributed by atoms with Crippen LogP contribution in [0.1, 0.15) is 11.1 Å². The lowest BCUT2D eigenvalue weighted by Gasteiger charge is -2.07. The molecular weight excluding hydrogens is 224 g/mol. The van der Waals surface area contributed by atoms with Crippen molar-refractivity contribution in [3.05, 3.63) is 59.8 Å². The highest BCUT2D eigenvalue weighted by molar-refractivity contribution is 5.80. The van der Waals surface area contributed by atoms with Gasteiger partial charge in [-0.1, -0.05) is 24.3 Å². The van der Waals surface area contributed by atoms with Crippen molar-refractivity contribution in [1.82, 2.24) is 9.78 Å². The molecule has 3 nitrogen and oxygen atoms in total. The van der Waals surface area contributed by atoms with E-state index in [0.717, 1.165) is 17.4 Å². The van der Waals surface area contributed by atoms with E-state index in [1.165, 1.54) is 11.1 Å². The molecule has 1 N–H and O–H groups in total. The maximum Gasteiger partial charge on any atom is 0.117 e. The number of aromatic hydroxyl groups is 1. The number of fused-ring (bicyclic) bond motifs is 1. The van der Waals surface area contributed by atoms with E-state index in [0.29, 0.717) is 0 Å². The van der Waals surface area contributed by atoms with Gasteiger partial charge in [-0.15, -0.1) is 0 Å². The van der Waals surface area contributed by atoms with Crippen molar-refractivity contribution in [1.29, 1.82) is 0 Å². The van der Waals surface area contributed by atoms with Gasteiger partial charge in [0.1, 0.15) is 5.75 Å². The number of rotatable bonds is 2. The van der Waals surface area contributed by atoms with E-state index < -0.39 is 0 Å². The Kier molecular flexibility index (Phi) is 2.52. The van der Waals surface area contributed by atoms with Gasteiger partial charge in [-0.2, -0.15) is 5.10 Å². The number of nitrogens with zero attached hydrogens (tertiary/aromatic N) is 2. The molecule has 3 aromatic rings. The van der Waals surface area contributed by atoms with Crippen LogP contribution >= 0.6 is 0 Å². The largest absolute Gasteiger partial charge is 0.508 e. The number of phenols is 1. The normalized spacial score (nSPS) is 10.9. The molecule has 3 rings (SSSR count). The zero-order valence-corrected chi connectivity index (χ0v) is 10.2. The Hall–Kier alpha value is -2.29. The molecule has 0 saturated carbocycles. The van der Waals surface area contributed by atoms with Crippen molar-refractivity contribution in [2.45, 2.75) is 13.5 Å². The molecule has 2 aromatic carbocycles. The number of aryl methyl sites for hydroxylation is 1. The van der Waals surface area contributed by atoms with Gasteiger partial charge in [0.25, 0.3) is 0 Å². The summed E-state index contributed by atoms with van der Waals surface area (Å²) < 4.78 is 1.91. The van der Waals surface area contributed by atoms with Crippen molar-refractivity contribution < 1.29 is 5.11 Å². The van der Waals surface area contributed by atoms with Crippen molar-refractivity contribution in [2.24, 2.45) is 0 Å². The summed E-state index contributed by atoms with van der Waals surface area (Å²) in [7, 11) is 0. The molecule has 0 aliphatic heterocycles. The molecule has 0 fully saturated rings. The van der Waals surface area contributed by atoms with Gasteiger partial charge in [-0.3, -0.25) is 4.68 Å². The fraction of sp³-hybridized carbons (Fsp3) is 0.133. The third-order valence-electron chi connectivity index (χ3n) is 3.21. The number of aromatic nitrogens is 2. The van der Waals surface area contributed by atoms with E-state index in [9.17, 15) is 5.11 Å². The molecule has 0 aliphatic carbocycles. The van der Waals surface area contributed by atoms with Crippen molar-refractivity contribution >= 4 is 10.9 Å². The summed E-state index contributed by atoms with van der Waals surface area (Å²) in [5.74, 6) is 0.272. The minimum atomic E-state index is 0.272. The van der Waals surface area contributed by atoms with Gasteiger partial charge in [0.05, 0.1) is 18.3 Å². The second-order valence-electron chi connectivity index (χ2n) is 4.47. The Morgan fingerprint density at radius 2 is 2.00 bits per heavy atom. The van der Waals surface area contributed by atoms with Crippen molar-refractivity contribution in [3.8, 4) is 5.75 Å². The summed E-state index contributed by atoms with van der Waals surface area (Å²) in [6.07, 6.45) is 1.83. The number of hydrogen-bond acceptors (Lipinski definition) is 2. The smallest absolute Gasteiger partial charge is 0.117 e. The van der Waals surface area contributed by atoms with E-state index in [2.05, 4.69) is 24.2 Å². The summed E-state index contributed by atoms with van der Waals surface area (Å²) in [6, 6.07) is 13.6. The quantitative estimate of drug-likeness (QED) is 0.745. The molecule has 0 unspecified atom stereocenters. The molecule has 0 aliphatic rings. The number of hydrogen-bond donors (Lipinski definition) is 1. The average Bonchev–Trinajstić information content (AvgIpc) is 2.75. The zero-order chi connectivity index (χ0) is 12.5. The molecule has 0 spiro atoms. The summed E-state index contributed by atoms with van der Waals surface area (Å²) in [5.41, 5.74) is 3.45. The second kappa shape index (κ2) is 4.18. The van der Waals surface area contributed by atoms with Gasteiger partial charge < -0.3 is 5.11 Å². The monoisotopic (exact) mass is 238 g/mol. The van der Waals surface area contributed by atoms with Crippen LogP contribution in [0.5, 0.6) is 5.75 Å². The summed E-state index contributed by atoms with van der Waals surface area (Å²) in [5, 5.41) is 15.0. The second-order valence-corrected chi connectivity index (χ2v) is 4.47. The topological polar surface area (TPSA) is 38.0 Å². The van der Waals surface area contributed by atoms with Crippen LogP contribution in [0.3, 0.4) is 0 Å². The Morgan fingerprint density at radius 3 is 2.83 bits per heavy atom. The van der Waals surface area contributed by atoms with Crippen LogP contribution < -0.4 is 0 Å². The molecule has 1 heterocycles. The Labute approximate surface area is 105 Å². The molecule has 0 amide bonds. The predicted molar refractivity (Wildman–Crippen MR) is 71.7 cm³/mol. The molecule has 3 heteroatoms. The molecular formula is C15H14N2O. The van der Waals surface area contributed by atoms with Gasteiger partial charge in [0.2, 0.25) is 0 Å². The van der Waals surface area contributed by atoms with E-state index in [-0.39, 0.29) is 5.75 Å². The maximum absolute atomic E-state index is 9.55. The van der Waals surface area contributed by atoms with Crippen LogP contribution in [-0.4, -0.2) is 14.9 Å². The Balaban J connectivity index is 2.05. The lowest BCUT2D eigenvalue weighted by atomic mass is 10.1. The van der Waals surface area contributed by atoms with Gasteiger partial charge in [0, 0.05) is 11.5 Å². The third kappa shape index (κ3) is 1.84. The summed E-state index contributed by atoms with van der Waals surface area (Å²) in [6.45, 7) is 2.82. The standard InChI is InChI=1S/C15H14N2O/c1-11-4-2-3-5-13(11)10-17-15-8-14(18)7-6-12(15)9-16-17/h2-9,18H,10H2,1H3. The summed E-state index contributed by atoms with van der Waals surface area (Å²) >= 11 is 0.